The third-order valence-corrected chi connectivity index (χ3v) is 1.21. The fraction of sp³-hybridized carbons (Fsp3) is 0.714. The average molecular weight is 154 g/mol. The first-order valence-electron chi connectivity index (χ1n) is 3.44. The lowest BCUT2D eigenvalue weighted by Gasteiger charge is -2.10. The first-order chi connectivity index (χ1) is 5.07. The molecule has 11 heavy (non-hydrogen) atoms. The lowest BCUT2D eigenvalue weighted by atomic mass is 10.2. The van der Waals surface area contributed by atoms with Gasteiger partial charge in [0, 0.05) is 14.1 Å². The normalized spacial score (nSPS) is 13.8. The molecule has 62 valence electrons. The Bertz CT molecular complexity index is 177. The zero-order valence-corrected chi connectivity index (χ0v) is 7.20. The van der Waals surface area contributed by atoms with Crippen LogP contribution >= 0.6 is 0 Å². The third kappa shape index (κ3) is 4.20. The summed E-state index contributed by atoms with van der Waals surface area (Å²) in [6, 6.07) is 2.08. The van der Waals surface area contributed by atoms with Gasteiger partial charge in [-0.2, -0.15) is 5.26 Å². The topological polar surface area (TPSA) is 65.4 Å². The number of guanidine groups is 1. The summed E-state index contributed by atoms with van der Waals surface area (Å²) in [7, 11) is 3.63. The van der Waals surface area contributed by atoms with Gasteiger partial charge in [-0.1, -0.05) is 0 Å². The molecule has 0 aliphatic heterocycles. The summed E-state index contributed by atoms with van der Waals surface area (Å²) in [5.74, 6) is 0.403. The summed E-state index contributed by atoms with van der Waals surface area (Å²) in [4.78, 5) is 5.70. The van der Waals surface area contributed by atoms with Gasteiger partial charge in [-0.25, -0.2) is 0 Å². The van der Waals surface area contributed by atoms with Crippen LogP contribution in [0.1, 0.15) is 6.92 Å². The molecule has 0 spiro atoms. The molecule has 1 unspecified atom stereocenters. The monoisotopic (exact) mass is 154 g/mol. The molecular formula is C7H14N4. The molecule has 0 aliphatic rings. The van der Waals surface area contributed by atoms with Gasteiger partial charge < -0.3 is 10.6 Å². The number of hydrogen-bond donors (Lipinski definition) is 1. The number of rotatable bonds is 2. The van der Waals surface area contributed by atoms with Crippen LogP contribution in [0.5, 0.6) is 0 Å². The Hall–Kier alpha value is -1.24. The first-order valence-corrected chi connectivity index (χ1v) is 3.44. The molecule has 0 bridgehead atoms. The fourth-order valence-corrected chi connectivity index (χ4v) is 0.413. The van der Waals surface area contributed by atoms with E-state index >= 15 is 0 Å². The van der Waals surface area contributed by atoms with Crippen LogP contribution in [0.4, 0.5) is 0 Å². The molecule has 0 heterocycles. The summed E-state index contributed by atoms with van der Waals surface area (Å²) in [5.41, 5.74) is 5.49. The van der Waals surface area contributed by atoms with Crippen molar-refractivity contribution in [2.24, 2.45) is 16.6 Å². The van der Waals surface area contributed by atoms with Gasteiger partial charge in [0.15, 0.2) is 5.96 Å². The maximum Gasteiger partial charge on any atom is 0.190 e. The van der Waals surface area contributed by atoms with E-state index in [1.165, 1.54) is 0 Å². The molecule has 0 aromatic heterocycles. The van der Waals surface area contributed by atoms with Gasteiger partial charge in [0.05, 0.1) is 18.5 Å². The first kappa shape index (κ1) is 9.76. The van der Waals surface area contributed by atoms with Gasteiger partial charge in [-0.15, -0.1) is 0 Å². The van der Waals surface area contributed by atoms with E-state index in [9.17, 15) is 0 Å². The molecule has 4 nitrogen and oxygen atoms in total. The zero-order chi connectivity index (χ0) is 8.85. The summed E-state index contributed by atoms with van der Waals surface area (Å²) >= 11 is 0. The number of aliphatic imine (C=N–C) groups is 1. The van der Waals surface area contributed by atoms with Crippen molar-refractivity contribution in [2.75, 3.05) is 20.6 Å². The van der Waals surface area contributed by atoms with Crippen molar-refractivity contribution in [1.29, 1.82) is 5.26 Å². The highest BCUT2D eigenvalue weighted by atomic mass is 15.2. The Morgan fingerprint density at radius 3 is 2.64 bits per heavy atom. The van der Waals surface area contributed by atoms with E-state index in [0.717, 1.165) is 0 Å². The Labute approximate surface area is 67.3 Å². The second-order valence-electron chi connectivity index (χ2n) is 2.62. The van der Waals surface area contributed by atoms with Crippen molar-refractivity contribution in [3.8, 4) is 6.07 Å². The largest absolute Gasteiger partial charge is 0.370 e. The van der Waals surface area contributed by atoms with Gasteiger partial charge >= 0.3 is 0 Å². The molecule has 0 amide bonds. The van der Waals surface area contributed by atoms with E-state index in [4.69, 9.17) is 11.0 Å². The van der Waals surface area contributed by atoms with Crippen LogP contribution < -0.4 is 5.73 Å². The number of nitrogens with zero attached hydrogens (tertiary/aromatic N) is 3. The van der Waals surface area contributed by atoms with Crippen molar-refractivity contribution in [1.82, 2.24) is 4.90 Å². The standard InChI is InChI=1S/C7H14N4/c1-6(4-8)5-10-7(9)11(2)3/h6H,5H2,1-3H3,(H2,9,10). The smallest absolute Gasteiger partial charge is 0.190 e. The third-order valence-electron chi connectivity index (χ3n) is 1.21. The molecule has 0 saturated heterocycles. The van der Waals surface area contributed by atoms with Crippen LogP contribution in [0.15, 0.2) is 4.99 Å². The molecule has 0 fully saturated rings. The van der Waals surface area contributed by atoms with Crippen LogP contribution in [0, 0.1) is 17.2 Å². The predicted molar refractivity (Wildman–Crippen MR) is 45.0 cm³/mol. The predicted octanol–water partition coefficient (Wildman–Crippen LogP) is 0.0224. The Kier molecular flexibility index (Phi) is 4.04. The Morgan fingerprint density at radius 1 is 1.73 bits per heavy atom. The van der Waals surface area contributed by atoms with Crippen LogP contribution in [0.25, 0.3) is 0 Å². The van der Waals surface area contributed by atoms with Crippen LogP contribution in [0.3, 0.4) is 0 Å². The van der Waals surface area contributed by atoms with Crippen molar-refractivity contribution < 1.29 is 0 Å². The molecule has 0 aromatic carbocycles. The second-order valence-corrected chi connectivity index (χ2v) is 2.62. The average Bonchev–Trinajstić information content (AvgIpc) is 1.99. The molecule has 4 heteroatoms. The Morgan fingerprint density at radius 2 is 2.27 bits per heavy atom. The number of nitriles is 1. The minimum absolute atomic E-state index is 0.0616. The van der Waals surface area contributed by atoms with E-state index in [-0.39, 0.29) is 5.92 Å². The molecule has 0 rings (SSSR count). The number of nitrogens with two attached hydrogens (primary N) is 1. The minimum Gasteiger partial charge on any atom is -0.370 e. The van der Waals surface area contributed by atoms with Gasteiger partial charge in [0.1, 0.15) is 0 Å². The zero-order valence-electron chi connectivity index (χ0n) is 7.20. The van der Waals surface area contributed by atoms with E-state index in [1.54, 1.807) is 4.90 Å². The molecule has 0 saturated carbocycles. The summed E-state index contributed by atoms with van der Waals surface area (Å²) in [5, 5.41) is 8.41. The van der Waals surface area contributed by atoms with Crippen LogP contribution in [-0.4, -0.2) is 31.5 Å². The molecule has 0 aliphatic carbocycles. The lowest BCUT2D eigenvalue weighted by molar-refractivity contribution is 0.603. The van der Waals surface area contributed by atoms with Gasteiger partial charge in [-0.05, 0) is 6.92 Å². The van der Waals surface area contributed by atoms with E-state index in [0.29, 0.717) is 12.5 Å². The lowest BCUT2D eigenvalue weighted by Crippen LogP contribution is -2.30. The quantitative estimate of drug-likeness (QED) is 0.450. The Balaban J connectivity index is 3.84. The highest BCUT2D eigenvalue weighted by molar-refractivity contribution is 5.77. The molecule has 0 aromatic rings. The van der Waals surface area contributed by atoms with Gasteiger partial charge in [0.2, 0.25) is 0 Å². The summed E-state index contributed by atoms with van der Waals surface area (Å²) in [6.07, 6.45) is 0. The van der Waals surface area contributed by atoms with Crippen molar-refractivity contribution in [3.05, 3.63) is 0 Å². The molecule has 0 radical (unpaired) electrons. The summed E-state index contributed by atoms with van der Waals surface area (Å²) in [6.45, 7) is 2.28. The van der Waals surface area contributed by atoms with E-state index in [1.807, 2.05) is 21.0 Å². The van der Waals surface area contributed by atoms with Gasteiger partial charge in [0.25, 0.3) is 0 Å². The fourth-order valence-electron chi connectivity index (χ4n) is 0.413. The minimum atomic E-state index is -0.0616. The van der Waals surface area contributed by atoms with Gasteiger partial charge in [-0.3, -0.25) is 4.99 Å². The highest BCUT2D eigenvalue weighted by Gasteiger charge is 1.98. The van der Waals surface area contributed by atoms with Crippen LogP contribution in [-0.2, 0) is 0 Å². The maximum atomic E-state index is 8.41. The van der Waals surface area contributed by atoms with Crippen LogP contribution in [0.2, 0.25) is 0 Å². The van der Waals surface area contributed by atoms with E-state index < -0.39 is 0 Å². The van der Waals surface area contributed by atoms with Crippen molar-refractivity contribution in [2.45, 2.75) is 6.92 Å². The maximum absolute atomic E-state index is 8.41. The molecule has 2 N–H and O–H groups in total. The summed E-state index contributed by atoms with van der Waals surface area (Å²) < 4.78 is 0. The highest BCUT2D eigenvalue weighted by Crippen LogP contribution is 1.91. The molecule has 1 atom stereocenters. The molecular weight excluding hydrogens is 140 g/mol. The number of hydrogen-bond acceptors (Lipinski definition) is 2. The van der Waals surface area contributed by atoms with Crippen molar-refractivity contribution >= 4 is 5.96 Å². The van der Waals surface area contributed by atoms with E-state index in [2.05, 4.69) is 11.1 Å². The van der Waals surface area contributed by atoms with Crippen molar-refractivity contribution in [3.63, 3.8) is 0 Å². The SMILES string of the molecule is CC(C#N)CN=C(N)N(C)C. The second kappa shape index (κ2) is 4.56.